The molecule has 3 nitrogen and oxygen atoms in total. The van der Waals surface area contributed by atoms with E-state index in [1.54, 1.807) is 11.3 Å². The molecule has 100 valence electrons. The fraction of sp³-hybridized carbons (Fsp3) is 0.267. The van der Waals surface area contributed by atoms with Gasteiger partial charge in [-0.3, -0.25) is 4.79 Å². The van der Waals surface area contributed by atoms with Crippen LogP contribution in [0.15, 0.2) is 41.8 Å². The number of anilines is 1. The summed E-state index contributed by atoms with van der Waals surface area (Å²) in [7, 11) is 0. The fourth-order valence-electron chi connectivity index (χ4n) is 1.63. The van der Waals surface area contributed by atoms with E-state index in [4.69, 9.17) is 4.74 Å². The molecule has 0 fully saturated rings. The molecule has 2 aromatic rings. The lowest BCUT2D eigenvalue weighted by atomic mass is 10.2. The van der Waals surface area contributed by atoms with Crippen LogP contribution in [0.1, 0.15) is 18.2 Å². The largest absolute Gasteiger partial charge is 0.494 e. The molecule has 0 saturated heterocycles. The van der Waals surface area contributed by atoms with Gasteiger partial charge in [0.05, 0.1) is 13.0 Å². The van der Waals surface area contributed by atoms with Crippen LogP contribution in [0, 0.1) is 0 Å². The lowest BCUT2D eigenvalue weighted by Gasteiger charge is -2.07. The van der Waals surface area contributed by atoms with Crippen molar-refractivity contribution in [1.29, 1.82) is 0 Å². The van der Waals surface area contributed by atoms with Gasteiger partial charge in [0, 0.05) is 10.6 Å². The van der Waals surface area contributed by atoms with E-state index in [2.05, 4.69) is 12.2 Å². The lowest BCUT2D eigenvalue weighted by Crippen LogP contribution is -2.13. The van der Waals surface area contributed by atoms with Crippen LogP contribution < -0.4 is 10.1 Å². The van der Waals surface area contributed by atoms with Crippen molar-refractivity contribution in [2.24, 2.45) is 0 Å². The minimum Gasteiger partial charge on any atom is -0.494 e. The number of rotatable bonds is 6. The van der Waals surface area contributed by atoms with Gasteiger partial charge >= 0.3 is 0 Å². The van der Waals surface area contributed by atoms with Gasteiger partial charge < -0.3 is 10.1 Å². The molecule has 1 amide bonds. The monoisotopic (exact) mass is 275 g/mol. The number of benzene rings is 1. The molecule has 19 heavy (non-hydrogen) atoms. The third kappa shape index (κ3) is 4.41. The molecule has 0 atom stereocenters. The Balaban J connectivity index is 1.86. The van der Waals surface area contributed by atoms with Gasteiger partial charge in [0.25, 0.3) is 0 Å². The first-order valence-electron chi connectivity index (χ1n) is 6.33. The SMILES string of the molecule is CCCOc1ccc(NC(=O)Cc2cccs2)cc1. The second-order valence-corrected chi connectivity index (χ2v) is 5.21. The van der Waals surface area contributed by atoms with Crippen LogP contribution in [-0.4, -0.2) is 12.5 Å². The molecule has 1 heterocycles. The molecule has 0 bridgehead atoms. The van der Waals surface area contributed by atoms with E-state index in [1.165, 1.54) is 0 Å². The number of nitrogens with one attached hydrogen (secondary N) is 1. The maximum absolute atomic E-state index is 11.8. The molecule has 1 aromatic heterocycles. The second-order valence-electron chi connectivity index (χ2n) is 4.18. The Morgan fingerprint density at radius 3 is 2.68 bits per heavy atom. The van der Waals surface area contributed by atoms with Gasteiger partial charge in [-0.25, -0.2) is 0 Å². The molecule has 0 aliphatic carbocycles. The summed E-state index contributed by atoms with van der Waals surface area (Å²) in [5.41, 5.74) is 0.797. The standard InChI is InChI=1S/C15H17NO2S/c1-2-9-18-13-7-5-12(6-8-13)16-15(17)11-14-4-3-10-19-14/h3-8,10H,2,9,11H2,1H3,(H,16,17). The Bertz CT molecular complexity index is 505. The first-order valence-corrected chi connectivity index (χ1v) is 7.21. The van der Waals surface area contributed by atoms with Crippen molar-refractivity contribution in [1.82, 2.24) is 0 Å². The maximum Gasteiger partial charge on any atom is 0.229 e. The van der Waals surface area contributed by atoms with Crippen molar-refractivity contribution in [2.45, 2.75) is 19.8 Å². The van der Waals surface area contributed by atoms with E-state index in [9.17, 15) is 4.79 Å². The normalized spacial score (nSPS) is 10.2. The topological polar surface area (TPSA) is 38.3 Å². The summed E-state index contributed by atoms with van der Waals surface area (Å²) in [5.74, 6) is 0.836. The van der Waals surface area contributed by atoms with E-state index in [0.717, 1.165) is 22.7 Å². The van der Waals surface area contributed by atoms with Gasteiger partial charge in [0.2, 0.25) is 5.91 Å². The van der Waals surface area contributed by atoms with Gasteiger partial charge in [0.15, 0.2) is 0 Å². The summed E-state index contributed by atoms with van der Waals surface area (Å²) in [6, 6.07) is 11.4. The Labute approximate surface area is 117 Å². The zero-order valence-electron chi connectivity index (χ0n) is 10.9. The van der Waals surface area contributed by atoms with Crippen LogP contribution in [0.2, 0.25) is 0 Å². The highest BCUT2D eigenvalue weighted by molar-refractivity contribution is 7.10. The van der Waals surface area contributed by atoms with Crippen LogP contribution >= 0.6 is 11.3 Å². The molecule has 0 saturated carbocycles. The average molecular weight is 275 g/mol. The molecular weight excluding hydrogens is 258 g/mol. The predicted molar refractivity (Wildman–Crippen MR) is 78.9 cm³/mol. The average Bonchev–Trinajstić information content (AvgIpc) is 2.90. The smallest absolute Gasteiger partial charge is 0.229 e. The predicted octanol–water partition coefficient (Wildman–Crippen LogP) is 3.72. The van der Waals surface area contributed by atoms with Crippen LogP contribution in [0.4, 0.5) is 5.69 Å². The number of carbonyl (C=O) groups excluding carboxylic acids is 1. The number of hydrogen-bond donors (Lipinski definition) is 1. The van der Waals surface area contributed by atoms with E-state index in [0.29, 0.717) is 13.0 Å². The Morgan fingerprint density at radius 1 is 1.26 bits per heavy atom. The molecule has 0 unspecified atom stereocenters. The molecule has 4 heteroatoms. The van der Waals surface area contributed by atoms with Crippen molar-refractivity contribution in [3.63, 3.8) is 0 Å². The quantitative estimate of drug-likeness (QED) is 0.872. The van der Waals surface area contributed by atoms with Gasteiger partial charge in [-0.05, 0) is 42.1 Å². The summed E-state index contributed by atoms with van der Waals surface area (Å²) in [6.07, 6.45) is 1.41. The van der Waals surface area contributed by atoms with E-state index >= 15 is 0 Å². The molecule has 0 aliphatic rings. The summed E-state index contributed by atoms with van der Waals surface area (Å²) < 4.78 is 5.49. The van der Waals surface area contributed by atoms with Crippen LogP contribution in [0.5, 0.6) is 5.75 Å². The Kier molecular flexibility index (Phi) is 4.98. The van der Waals surface area contributed by atoms with Gasteiger partial charge in [0.1, 0.15) is 5.75 Å². The Hall–Kier alpha value is -1.81. The summed E-state index contributed by atoms with van der Waals surface area (Å²) in [6.45, 7) is 2.78. The first kappa shape index (κ1) is 13.6. The molecule has 0 radical (unpaired) electrons. The molecular formula is C15H17NO2S. The molecule has 0 spiro atoms. The third-order valence-corrected chi connectivity index (χ3v) is 3.40. The fourth-order valence-corrected chi connectivity index (χ4v) is 2.33. The van der Waals surface area contributed by atoms with E-state index in [-0.39, 0.29) is 5.91 Å². The molecule has 0 aliphatic heterocycles. The molecule has 2 rings (SSSR count). The summed E-state index contributed by atoms with van der Waals surface area (Å²) >= 11 is 1.59. The van der Waals surface area contributed by atoms with Crippen molar-refractivity contribution >= 4 is 22.9 Å². The Morgan fingerprint density at radius 2 is 2.05 bits per heavy atom. The molecule has 1 N–H and O–H groups in total. The minimum atomic E-state index is 0.00433. The summed E-state index contributed by atoms with van der Waals surface area (Å²) in [4.78, 5) is 12.9. The number of ether oxygens (including phenoxy) is 1. The number of carbonyl (C=O) groups is 1. The zero-order chi connectivity index (χ0) is 13.5. The maximum atomic E-state index is 11.8. The highest BCUT2D eigenvalue weighted by atomic mass is 32.1. The molecule has 1 aromatic carbocycles. The van der Waals surface area contributed by atoms with E-state index < -0.39 is 0 Å². The zero-order valence-corrected chi connectivity index (χ0v) is 11.7. The number of hydrogen-bond acceptors (Lipinski definition) is 3. The van der Waals surface area contributed by atoms with Crippen LogP contribution in [-0.2, 0) is 11.2 Å². The summed E-state index contributed by atoms with van der Waals surface area (Å²) in [5, 5.41) is 4.85. The van der Waals surface area contributed by atoms with Gasteiger partial charge in [-0.1, -0.05) is 13.0 Å². The highest BCUT2D eigenvalue weighted by Gasteiger charge is 2.04. The number of thiophene rings is 1. The van der Waals surface area contributed by atoms with Crippen molar-refractivity contribution in [2.75, 3.05) is 11.9 Å². The highest BCUT2D eigenvalue weighted by Crippen LogP contribution is 2.16. The lowest BCUT2D eigenvalue weighted by molar-refractivity contribution is -0.115. The van der Waals surface area contributed by atoms with Gasteiger partial charge in [-0.2, -0.15) is 0 Å². The van der Waals surface area contributed by atoms with E-state index in [1.807, 2.05) is 41.8 Å². The van der Waals surface area contributed by atoms with Crippen molar-refractivity contribution < 1.29 is 9.53 Å². The first-order chi connectivity index (χ1) is 9.28. The van der Waals surface area contributed by atoms with Crippen molar-refractivity contribution in [3.8, 4) is 5.75 Å². The minimum absolute atomic E-state index is 0.00433. The van der Waals surface area contributed by atoms with Crippen molar-refractivity contribution in [3.05, 3.63) is 46.7 Å². The second kappa shape index (κ2) is 6.95. The van der Waals surface area contributed by atoms with Gasteiger partial charge in [-0.15, -0.1) is 11.3 Å². The third-order valence-electron chi connectivity index (χ3n) is 2.53. The van der Waals surface area contributed by atoms with Crippen LogP contribution in [0.25, 0.3) is 0 Å². The van der Waals surface area contributed by atoms with Crippen LogP contribution in [0.3, 0.4) is 0 Å². The number of amides is 1.